The summed E-state index contributed by atoms with van der Waals surface area (Å²) < 4.78 is 4.58. The molecule has 0 aliphatic rings. The lowest BCUT2D eigenvalue weighted by molar-refractivity contribution is 0.567. The molecule has 1 nitrogen and oxygen atoms in total. The van der Waals surface area contributed by atoms with Crippen LogP contribution < -0.4 is 0 Å². The highest BCUT2D eigenvalue weighted by Crippen LogP contribution is 1.88. The van der Waals surface area contributed by atoms with Crippen molar-refractivity contribution in [2.45, 2.75) is 33.1 Å². The molecule has 0 spiro atoms. The Morgan fingerprint density at radius 2 is 1.50 bits per heavy atom. The second kappa shape index (κ2) is 8.28. The van der Waals surface area contributed by atoms with Crippen LogP contribution >= 0.6 is 0 Å². The standard InChI is InChI=1S/C5H12.C4H4O/c1-3-5-4-2;1-2-4-5-3-1/h3-5H2,1-2H3;1-4H. The summed E-state index contributed by atoms with van der Waals surface area (Å²) in [4.78, 5) is 0. The largest absolute Gasteiger partial charge is 0.473 e. The van der Waals surface area contributed by atoms with E-state index in [0.717, 1.165) is 0 Å². The van der Waals surface area contributed by atoms with Gasteiger partial charge in [-0.05, 0) is 12.1 Å². The van der Waals surface area contributed by atoms with Gasteiger partial charge in [-0.15, -0.1) is 0 Å². The van der Waals surface area contributed by atoms with E-state index in [1.807, 2.05) is 12.1 Å². The molecular weight excluding hydrogens is 124 g/mol. The first-order valence-corrected chi connectivity index (χ1v) is 3.89. The maximum absolute atomic E-state index is 4.58. The third-order valence-corrected chi connectivity index (χ3v) is 1.13. The minimum atomic E-state index is 1.34. The molecule has 0 saturated heterocycles. The predicted molar refractivity (Wildman–Crippen MR) is 43.9 cm³/mol. The van der Waals surface area contributed by atoms with Gasteiger partial charge in [0, 0.05) is 0 Å². The van der Waals surface area contributed by atoms with E-state index < -0.39 is 0 Å². The van der Waals surface area contributed by atoms with Gasteiger partial charge < -0.3 is 4.42 Å². The highest BCUT2D eigenvalue weighted by molar-refractivity contribution is 4.79. The van der Waals surface area contributed by atoms with Crippen LogP contribution in [0.15, 0.2) is 29.1 Å². The number of furan rings is 1. The Kier molecular flexibility index (Phi) is 7.68. The topological polar surface area (TPSA) is 13.1 Å². The quantitative estimate of drug-likeness (QED) is 0.613. The second-order valence-corrected chi connectivity index (χ2v) is 2.15. The molecule has 0 saturated carbocycles. The van der Waals surface area contributed by atoms with Crippen molar-refractivity contribution in [3.05, 3.63) is 24.7 Å². The second-order valence-electron chi connectivity index (χ2n) is 2.15. The van der Waals surface area contributed by atoms with E-state index in [4.69, 9.17) is 0 Å². The van der Waals surface area contributed by atoms with Crippen LogP contribution in [0.1, 0.15) is 33.1 Å². The fourth-order valence-corrected chi connectivity index (χ4v) is 0.580. The van der Waals surface area contributed by atoms with E-state index >= 15 is 0 Å². The van der Waals surface area contributed by atoms with Crippen LogP contribution in [0, 0.1) is 0 Å². The molecule has 0 amide bonds. The molecule has 1 aromatic heterocycles. The maximum atomic E-state index is 4.58. The zero-order valence-corrected chi connectivity index (χ0v) is 6.84. The zero-order valence-electron chi connectivity index (χ0n) is 6.84. The minimum Gasteiger partial charge on any atom is -0.473 e. The van der Waals surface area contributed by atoms with Crippen LogP contribution in [0.5, 0.6) is 0 Å². The molecule has 1 heterocycles. The molecule has 1 heteroatoms. The van der Waals surface area contributed by atoms with Gasteiger partial charge in [-0.25, -0.2) is 0 Å². The first-order chi connectivity index (χ1) is 4.91. The number of hydrogen-bond donors (Lipinski definition) is 0. The lowest BCUT2D eigenvalue weighted by Gasteiger charge is -1.79. The van der Waals surface area contributed by atoms with Gasteiger partial charge in [0.1, 0.15) is 0 Å². The normalized spacial score (nSPS) is 8.20. The summed E-state index contributed by atoms with van der Waals surface area (Å²) in [5.41, 5.74) is 0. The molecule has 1 aromatic rings. The van der Waals surface area contributed by atoms with Gasteiger partial charge in [0.15, 0.2) is 0 Å². The smallest absolute Gasteiger partial charge is 0.0902 e. The Morgan fingerprint density at radius 3 is 1.60 bits per heavy atom. The van der Waals surface area contributed by atoms with Gasteiger partial charge in [0.25, 0.3) is 0 Å². The molecule has 58 valence electrons. The van der Waals surface area contributed by atoms with Crippen LogP contribution in [-0.4, -0.2) is 0 Å². The zero-order chi connectivity index (χ0) is 7.66. The molecule has 0 aliphatic carbocycles. The summed E-state index contributed by atoms with van der Waals surface area (Å²) in [6.07, 6.45) is 7.33. The lowest BCUT2D eigenvalue weighted by atomic mass is 10.3. The average molecular weight is 140 g/mol. The van der Waals surface area contributed by atoms with Crippen LogP contribution in [0.25, 0.3) is 0 Å². The summed E-state index contributed by atoms with van der Waals surface area (Å²) in [6, 6.07) is 3.67. The molecule has 0 fully saturated rings. The SMILES string of the molecule is CCCCC.c1ccoc1. The molecule has 0 bridgehead atoms. The third kappa shape index (κ3) is 7.28. The lowest BCUT2D eigenvalue weighted by Crippen LogP contribution is -1.59. The fourth-order valence-electron chi connectivity index (χ4n) is 0.580. The predicted octanol–water partition coefficient (Wildman–Crippen LogP) is 3.48. The van der Waals surface area contributed by atoms with Gasteiger partial charge in [-0.2, -0.15) is 0 Å². The number of hydrogen-bond acceptors (Lipinski definition) is 1. The van der Waals surface area contributed by atoms with Gasteiger partial charge in [-0.1, -0.05) is 33.1 Å². The maximum Gasteiger partial charge on any atom is 0.0902 e. The summed E-state index contributed by atoms with van der Waals surface area (Å²) in [7, 11) is 0. The molecule has 10 heavy (non-hydrogen) atoms. The Balaban J connectivity index is 0.000000162. The van der Waals surface area contributed by atoms with Crippen molar-refractivity contribution in [2.24, 2.45) is 0 Å². The van der Waals surface area contributed by atoms with Crippen molar-refractivity contribution in [3.63, 3.8) is 0 Å². The van der Waals surface area contributed by atoms with Crippen LogP contribution in [0.2, 0.25) is 0 Å². The van der Waals surface area contributed by atoms with Crippen molar-refractivity contribution in [1.82, 2.24) is 0 Å². The van der Waals surface area contributed by atoms with Gasteiger partial charge >= 0.3 is 0 Å². The van der Waals surface area contributed by atoms with E-state index in [2.05, 4.69) is 18.3 Å². The van der Waals surface area contributed by atoms with Crippen LogP contribution in [-0.2, 0) is 0 Å². The van der Waals surface area contributed by atoms with E-state index in [9.17, 15) is 0 Å². The van der Waals surface area contributed by atoms with Crippen molar-refractivity contribution >= 4 is 0 Å². The highest BCUT2D eigenvalue weighted by atomic mass is 16.3. The third-order valence-electron chi connectivity index (χ3n) is 1.13. The Bertz CT molecular complexity index is 91.1. The minimum absolute atomic E-state index is 1.34. The Morgan fingerprint density at radius 1 is 1.00 bits per heavy atom. The first-order valence-electron chi connectivity index (χ1n) is 3.89. The average Bonchev–Trinajstić information content (AvgIpc) is 2.44. The van der Waals surface area contributed by atoms with Gasteiger partial charge in [0.05, 0.1) is 12.5 Å². The van der Waals surface area contributed by atoms with Crippen molar-refractivity contribution in [1.29, 1.82) is 0 Å². The molecule has 1 rings (SSSR count). The molecule has 0 N–H and O–H groups in total. The van der Waals surface area contributed by atoms with E-state index in [-0.39, 0.29) is 0 Å². The van der Waals surface area contributed by atoms with E-state index in [1.165, 1.54) is 19.3 Å². The molecule has 0 unspecified atom stereocenters. The van der Waals surface area contributed by atoms with Crippen molar-refractivity contribution < 1.29 is 4.42 Å². The highest BCUT2D eigenvalue weighted by Gasteiger charge is 1.68. The fraction of sp³-hybridized carbons (Fsp3) is 0.556. The van der Waals surface area contributed by atoms with Crippen molar-refractivity contribution in [2.75, 3.05) is 0 Å². The van der Waals surface area contributed by atoms with Gasteiger partial charge in [-0.3, -0.25) is 0 Å². The monoisotopic (exact) mass is 140 g/mol. The molecular formula is C9H16O. The first kappa shape index (κ1) is 9.28. The summed E-state index contributed by atoms with van der Waals surface area (Å²) in [5.74, 6) is 0. The van der Waals surface area contributed by atoms with Gasteiger partial charge in [0.2, 0.25) is 0 Å². The summed E-state index contributed by atoms with van der Waals surface area (Å²) in [5, 5.41) is 0. The van der Waals surface area contributed by atoms with E-state index in [1.54, 1.807) is 12.5 Å². The molecule has 0 aliphatic heterocycles. The molecule has 0 radical (unpaired) electrons. The summed E-state index contributed by atoms with van der Waals surface area (Å²) in [6.45, 7) is 4.42. The van der Waals surface area contributed by atoms with Crippen molar-refractivity contribution in [3.8, 4) is 0 Å². The Hall–Kier alpha value is -0.720. The van der Waals surface area contributed by atoms with Crippen LogP contribution in [0.3, 0.4) is 0 Å². The molecule has 0 aromatic carbocycles. The van der Waals surface area contributed by atoms with Crippen LogP contribution in [0.4, 0.5) is 0 Å². The number of unbranched alkanes of at least 4 members (excludes halogenated alkanes) is 2. The number of rotatable bonds is 2. The molecule has 0 atom stereocenters. The summed E-state index contributed by atoms with van der Waals surface area (Å²) >= 11 is 0. The Labute approximate surface area is 63.1 Å². The van der Waals surface area contributed by atoms with E-state index in [0.29, 0.717) is 0 Å².